The van der Waals surface area contributed by atoms with Crippen molar-refractivity contribution in [3.8, 4) is 0 Å². The minimum Gasteiger partial charge on any atom is -0.395 e. The largest absolute Gasteiger partial charge is 0.395 e. The fraction of sp³-hybridized carbons (Fsp3) is 0.600. The van der Waals surface area contributed by atoms with Gasteiger partial charge in [0, 0.05) is 17.5 Å². The quantitative estimate of drug-likeness (QED) is 0.864. The summed E-state index contributed by atoms with van der Waals surface area (Å²) in [4.78, 5) is 3.53. The van der Waals surface area contributed by atoms with Gasteiger partial charge in [0.05, 0.1) is 11.6 Å². The van der Waals surface area contributed by atoms with Crippen LogP contribution in [0.1, 0.15) is 17.7 Å². The zero-order valence-electron chi connectivity index (χ0n) is 7.95. The fourth-order valence-corrected chi connectivity index (χ4v) is 3.05. The monoisotopic (exact) mass is 231 g/mol. The first-order valence-corrected chi connectivity index (χ1v) is 6.14. The van der Waals surface area contributed by atoms with Crippen LogP contribution in [-0.2, 0) is 6.54 Å². The lowest BCUT2D eigenvalue weighted by Gasteiger charge is -2.21. The van der Waals surface area contributed by atoms with Crippen LogP contribution in [0.4, 0.5) is 0 Å². The number of halogens is 1. The first-order chi connectivity index (χ1) is 6.81. The molecule has 78 valence electrons. The van der Waals surface area contributed by atoms with Crippen LogP contribution in [0.5, 0.6) is 0 Å². The Labute approximate surface area is 93.1 Å². The summed E-state index contributed by atoms with van der Waals surface area (Å²) in [6.07, 6.45) is 2.30. The van der Waals surface area contributed by atoms with Gasteiger partial charge < -0.3 is 5.11 Å². The summed E-state index contributed by atoms with van der Waals surface area (Å²) in [5, 5.41) is 12.0. The van der Waals surface area contributed by atoms with Crippen LogP contribution < -0.4 is 0 Å². The van der Waals surface area contributed by atoms with E-state index < -0.39 is 0 Å². The van der Waals surface area contributed by atoms with Crippen LogP contribution in [0, 0.1) is 0 Å². The lowest BCUT2D eigenvalue weighted by Crippen LogP contribution is -2.31. The van der Waals surface area contributed by atoms with Crippen molar-refractivity contribution >= 4 is 22.9 Å². The second-order valence-corrected chi connectivity index (χ2v) is 5.05. The number of hydrogen-bond acceptors (Lipinski definition) is 3. The van der Waals surface area contributed by atoms with Gasteiger partial charge in [-0.3, -0.25) is 4.90 Å². The number of aliphatic hydroxyl groups excluding tert-OH is 1. The van der Waals surface area contributed by atoms with E-state index >= 15 is 0 Å². The lowest BCUT2D eigenvalue weighted by molar-refractivity contribution is 0.154. The summed E-state index contributed by atoms with van der Waals surface area (Å²) in [6.45, 7) is 2.24. The van der Waals surface area contributed by atoms with E-state index in [1.807, 2.05) is 11.4 Å². The molecular formula is C10H14ClNOS. The number of thiophene rings is 1. The zero-order chi connectivity index (χ0) is 9.97. The van der Waals surface area contributed by atoms with Gasteiger partial charge in [0.1, 0.15) is 0 Å². The van der Waals surface area contributed by atoms with E-state index in [-0.39, 0.29) is 6.61 Å². The van der Waals surface area contributed by atoms with Crippen molar-refractivity contribution < 1.29 is 5.11 Å². The number of likely N-dealkylation sites (tertiary alicyclic amines) is 1. The molecule has 0 bridgehead atoms. The molecule has 1 aliphatic heterocycles. The minimum absolute atomic E-state index is 0.267. The van der Waals surface area contributed by atoms with E-state index in [0.717, 1.165) is 24.5 Å². The number of aliphatic hydroxyl groups is 1. The van der Waals surface area contributed by atoms with Crippen LogP contribution in [0.2, 0.25) is 5.02 Å². The third-order valence-corrected chi connectivity index (χ3v) is 4.12. The maximum Gasteiger partial charge on any atom is 0.0587 e. The van der Waals surface area contributed by atoms with Crippen molar-refractivity contribution in [1.29, 1.82) is 0 Å². The standard InChI is InChI=1S/C10H14ClNOS/c11-9-3-5-14-10(9)6-12-4-1-2-8(12)7-13/h3,5,8,13H,1-2,4,6-7H2/t8-/m0/s1. The smallest absolute Gasteiger partial charge is 0.0587 e. The zero-order valence-corrected chi connectivity index (χ0v) is 9.52. The Bertz CT molecular complexity index is 302. The van der Waals surface area contributed by atoms with Gasteiger partial charge in [-0.1, -0.05) is 11.6 Å². The van der Waals surface area contributed by atoms with Crippen molar-refractivity contribution in [2.24, 2.45) is 0 Å². The van der Waals surface area contributed by atoms with E-state index in [2.05, 4.69) is 4.90 Å². The molecule has 2 rings (SSSR count). The summed E-state index contributed by atoms with van der Waals surface area (Å²) in [7, 11) is 0. The lowest BCUT2D eigenvalue weighted by atomic mass is 10.2. The summed E-state index contributed by atoms with van der Waals surface area (Å²) >= 11 is 7.72. The SMILES string of the molecule is OC[C@@H]1CCCN1Cc1sccc1Cl. The van der Waals surface area contributed by atoms with Gasteiger partial charge in [-0.2, -0.15) is 0 Å². The van der Waals surface area contributed by atoms with E-state index in [1.54, 1.807) is 11.3 Å². The molecule has 2 heterocycles. The van der Waals surface area contributed by atoms with Crippen LogP contribution in [0.3, 0.4) is 0 Å². The molecule has 0 aliphatic carbocycles. The van der Waals surface area contributed by atoms with E-state index in [0.29, 0.717) is 6.04 Å². The number of hydrogen-bond donors (Lipinski definition) is 1. The topological polar surface area (TPSA) is 23.5 Å². The molecule has 0 spiro atoms. The molecular weight excluding hydrogens is 218 g/mol. The van der Waals surface area contributed by atoms with Gasteiger partial charge in [-0.25, -0.2) is 0 Å². The third-order valence-electron chi connectivity index (χ3n) is 2.75. The predicted octanol–water partition coefficient (Wildman–Crippen LogP) is 2.36. The van der Waals surface area contributed by atoms with E-state index in [4.69, 9.17) is 16.7 Å². The minimum atomic E-state index is 0.267. The summed E-state index contributed by atoms with van der Waals surface area (Å²) in [6, 6.07) is 2.28. The maximum atomic E-state index is 9.16. The van der Waals surface area contributed by atoms with E-state index in [9.17, 15) is 0 Å². The van der Waals surface area contributed by atoms with E-state index in [1.165, 1.54) is 11.3 Å². The normalized spacial score (nSPS) is 23.1. The highest BCUT2D eigenvalue weighted by molar-refractivity contribution is 7.10. The van der Waals surface area contributed by atoms with Crippen molar-refractivity contribution in [1.82, 2.24) is 4.90 Å². The number of nitrogens with zero attached hydrogens (tertiary/aromatic N) is 1. The average Bonchev–Trinajstić information content (AvgIpc) is 2.77. The fourth-order valence-electron chi connectivity index (χ4n) is 1.93. The Morgan fingerprint density at radius 1 is 1.64 bits per heavy atom. The first kappa shape index (κ1) is 10.4. The highest BCUT2D eigenvalue weighted by Gasteiger charge is 2.24. The molecule has 1 saturated heterocycles. The summed E-state index contributed by atoms with van der Waals surface area (Å²) in [5.74, 6) is 0. The van der Waals surface area contributed by atoms with Crippen molar-refractivity contribution in [3.05, 3.63) is 21.3 Å². The molecule has 1 atom stereocenters. The molecule has 1 fully saturated rings. The Balaban J connectivity index is 2.00. The molecule has 14 heavy (non-hydrogen) atoms. The molecule has 0 amide bonds. The summed E-state index contributed by atoms with van der Waals surface area (Å²) < 4.78 is 0. The Morgan fingerprint density at radius 3 is 3.14 bits per heavy atom. The molecule has 0 radical (unpaired) electrons. The van der Waals surface area contributed by atoms with Gasteiger partial charge in [-0.05, 0) is 30.8 Å². The highest BCUT2D eigenvalue weighted by atomic mass is 35.5. The second-order valence-electron chi connectivity index (χ2n) is 3.64. The van der Waals surface area contributed by atoms with Crippen molar-refractivity contribution in [2.45, 2.75) is 25.4 Å². The number of rotatable bonds is 3. The molecule has 1 aromatic rings. The maximum absolute atomic E-state index is 9.16. The molecule has 4 heteroatoms. The molecule has 1 N–H and O–H groups in total. The predicted molar refractivity (Wildman–Crippen MR) is 59.8 cm³/mol. The molecule has 2 nitrogen and oxygen atoms in total. The molecule has 0 unspecified atom stereocenters. The van der Waals surface area contributed by atoms with Crippen molar-refractivity contribution in [3.63, 3.8) is 0 Å². The van der Waals surface area contributed by atoms with Gasteiger partial charge in [-0.15, -0.1) is 11.3 Å². The average molecular weight is 232 g/mol. The Kier molecular flexibility index (Phi) is 3.44. The van der Waals surface area contributed by atoms with Crippen molar-refractivity contribution in [2.75, 3.05) is 13.2 Å². The third kappa shape index (κ3) is 2.11. The van der Waals surface area contributed by atoms with Gasteiger partial charge in [0.25, 0.3) is 0 Å². The van der Waals surface area contributed by atoms with Crippen LogP contribution >= 0.6 is 22.9 Å². The van der Waals surface area contributed by atoms with Gasteiger partial charge in [0.2, 0.25) is 0 Å². The molecule has 0 saturated carbocycles. The van der Waals surface area contributed by atoms with Gasteiger partial charge >= 0.3 is 0 Å². The van der Waals surface area contributed by atoms with Crippen LogP contribution in [0.25, 0.3) is 0 Å². The second kappa shape index (κ2) is 4.62. The Hall–Kier alpha value is -0.0900. The molecule has 1 aromatic heterocycles. The first-order valence-electron chi connectivity index (χ1n) is 4.88. The highest BCUT2D eigenvalue weighted by Crippen LogP contribution is 2.27. The van der Waals surface area contributed by atoms with Crippen LogP contribution in [0.15, 0.2) is 11.4 Å². The molecule has 1 aliphatic rings. The molecule has 0 aromatic carbocycles. The summed E-state index contributed by atoms with van der Waals surface area (Å²) in [5.41, 5.74) is 0. The van der Waals surface area contributed by atoms with Crippen LogP contribution in [-0.4, -0.2) is 29.2 Å². The Morgan fingerprint density at radius 2 is 2.50 bits per heavy atom. The van der Waals surface area contributed by atoms with Gasteiger partial charge in [0.15, 0.2) is 0 Å².